The van der Waals surface area contributed by atoms with Gasteiger partial charge >= 0.3 is 6.09 Å². The Morgan fingerprint density at radius 3 is 2.17 bits per heavy atom. The van der Waals surface area contributed by atoms with E-state index >= 15 is 4.79 Å². The Morgan fingerprint density at radius 2 is 1.64 bits per heavy atom. The first-order valence-electron chi connectivity index (χ1n) is 16.1. The molecule has 0 radical (unpaired) electrons. The zero-order valence-corrected chi connectivity index (χ0v) is 30.7. The molecule has 1 aromatic carbocycles. The molecule has 13 heteroatoms. The highest BCUT2D eigenvalue weighted by molar-refractivity contribution is 6.76. The summed E-state index contributed by atoms with van der Waals surface area (Å²) in [6.07, 6.45) is -6.99. The monoisotopic (exact) mass is 681 g/mol. The molecule has 2 fully saturated rings. The van der Waals surface area contributed by atoms with Crippen molar-refractivity contribution in [1.82, 2.24) is 4.90 Å². The van der Waals surface area contributed by atoms with E-state index in [0.717, 1.165) is 16.0 Å². The van der Waals surface area contributed by atoms with Crippen molar-refractivity contribution in [3.8, 4) is 0 Å². The normalized spacial score (nSPS) is 30.5. The largest absolute Gasteiger partial charge is 0.449 e. The molecule has 266 valence electrons. The van der Waals surface area contributed by atoms with Gasteiger partial charge < -0.3 is 42.6 Å². The maximum atomic E-state index is 15.1. The average Bonchev–Trinajstić information content (AvgIpc) is 3.03. The van der Waals surface area contributed by atoms with Gasteiger partial charge in [-0.25, -0.2) is 9.69 Å². The van der Waals surface area contributed by atoms with Crippen molar-refractivity contribution >= 4 is 20.1 Å². The standard InChI is InChI=1S/C34H55NO11Si/c1-22-19-34(42-8,46-24(3)23(22)2)30(44-20-25-15-13-12-14-16-25)31(36)35(33(37)43-17-18-47(9,10)11)32-29(41-7)28(40-6)27(39-5)26(45-32)21-38-4/h12-16,23-24,26-30,32H,1,17-21H2,2-11H3/t23-,24-,26-,27-,28+,29-,30-,32-,34-/m1/s1. The molecular weight excluding hydrogens is 626 g/mol. The Balaban J connectivity index is 2.15. The van der Waals surface area contributed by atoms with Crippen LogP contribution in [0.3, 0.4) is 0 Å². The van der Waals surface area contributed by atoms with Gasteiger partial charge in [-0.1, -0.05) is 69.0 Å². The number of nitrogens with zero attached hydrogens (tertiary/aromatic N) is 1. The Morgan fingerprint density at radius 1 is 1.00 bits per heavy atom. The molecule has 2 aliphatic rings. The Kier molecular flexibility index (Phi) is 14.6. The highest BCUT2D eigenvalue weighted by Crippen LogP contribution is 2.41. The summed E-state index contributed by atoms with van der Waals surface area (Å²) in [6.45, 7) is 14.9. The summed E-state index contributed by atoms with van der Waals surface area (Å²) >= 11 is 0. The number of methoxy groups -OCH3 is 5. The number of hydrogen-bond donors (Lipinski definition) is 0. The topological polar surface area (TPSA) is 120 Å². The fourth-order valence-electron chi connectivity index (χ4n) is 5.96. The third-order valence-electron chi connectivity index (χ3n) is 8.96. The van der Waals surface area contributed by atoms with E-state index in [0.29, 0.717) is 6.04 Å². The molecule has 9 atom stereocenters. The Bertz CT molecular complexity index is 1160. The van der Waals surface area contributed by atoms with Crippen molar-refractivity contribution in [3.63, 3.8) is 0 Å². The number of ether oxygens (including phenoxy) is 9. The van der Waals surface area contributed by atoms with Crippen LogP contribution in [-0.4, -0.2) is 122 Å². The Labute approximate surface area is 280 Å². The quantitative estimate of drug-likeness (QED) is 0.190. The van der Waals surface area contributed by atoms with Gasteiger partial charge in [0.25, 0.3) is 5.91 Å². The first-order chi connectivity index (χ1) is 22.3. The smallest absolute Gasteiger partial charge is 0.418 e. The van der Waals surface area contributed by atoms with Crippen molar-refractivity contribution < 1.29 is 52.2 Å². The zero-order valence-electron chi connectivity index (χ0n) is 29.7. The fraction of sp³-hybridized carbons (Fsp3) is 0.706. The van der Waals surface area contributed by atoms with Gasteiger partial charge in [0.2, 0.25) is 5.79 Å². The van der Waals surface area contributed by atoms with E-state index in [-0.39, 0.29) is 38.3 Å². The average molecular weight is 682 g/mol. The van der Waals surface area contributed by atoms with Crippen LogP contribution in [0.4, 0.5) is 4.79 Å². The van der Waals surface area contributed by atoms with Crippen LogP contribution in [0.25, 0.3) is 0 Å². The van der Waals surface area contributed by atoms with Crippen molar-refractivity contribution in [2.45, 2.75) is 101 Å². The molecule has 0 saturated carbocycles. The number of amides is 2. The highest BCUT2D eigenvalue weighted by Gasteiger charge is 2.57. The first kappa shape index (κ1) is 39.2. The molecular formula is C34H55NO11Si. The lowest BCUT2D eigenvalue weighted by Crippen LogP contribution is -2.69. The maximum absolute atomic E-state index is 15.1. The van der Waals surface area contributed by atoms with Gasteiger partial charge in [0.15, 0.2) is 12.3 Å². The molecule has 0 bridgehead atoms. The predicted molar refractivity (Wildman–Crippen MR) is 178 cm³/mol. The summed E-state index contributed by atoms with van der Waals surface area (Å²) in [5, 5.41) is 0. The summed E-state index contributed by atoms with van der Waals surface area (Å²) in [6, 6.07) is 10.1. The van der Waals surface area contributed by atoms with Crippen LogP contribution >= 0.6 is 0 Å². The number of carbonyl (C=O) groups is 2. The van der Waals surface area contributed by atoms with Crippen LogP contribution in [0.1, 0.15) is 25.8 Å². The summed E-state index contributed by atoms with van der Waals surface area (Å²) in [5.41, 5.74) is 1.63. The second-order valence-electron chi connectivity index (χ2n) is 13.4. The number of carbonyl (C=O) groups excluding carboxylic acids is 2. The molecule has 2 heterocycles. The van der Waals surface area contributed by atoms with Crippen LogP contribution in [0, 0.1) is 5.92 Å². The minimum absolute atomic E-state index is 0.00595. The van der Waals surface area contributed by atoms with Crippen LogP contribution in [0.2, 0.25) is 25.7 Å². The van der Waals surface area contributed by atoms with Crippen molar-refractivity contribution in [2.24, 2.45) is 5.92 Å². The van der Waals surface area contributed by atoms with E-state index in [4.69, 9.17) is 42.6 Å². The van der Waals surface area contributed by atoms with Crippen LogP contribution in [0.5, 0.6) is 0 Å². The lowest BCUT2D eigenvalue weighted by molar-refractivity contribution is -0.312. The molecule has 0 aromatic heterocycles. The lowest BCUT2D eigenvalue weighted by Gasteiger charge is -2.49. The third kappa shape index (κ3) is 9.49. The SMILES string of the molecule is C=C1C[C@](OC)([C@H](OCc2ccccc2)C(=O)N(C(=O)OCC[Si](C)(C)C)[C@@H]2O[C@H](COC)[C@@H](OC)[C@H](OC)[C@H]2OC)O[C@H](C)[C@@H]1C. The van der Waals surface area contributed by atoms with E-state index in [1.54, 1.807) is 0 Å². The van der Waals surface area contributed by atoms with Crippen molar-refractivity contribution in [2.75, 3.05) is 48.8 Å². The number of benzene rings is 1. The molecule has 0 N–H and O–H groups in total. The summed E-state index contributed by atoms with van der Waals surface area (Å²) in [7, 11) is 5.85. The molecule has 2 saturated heterocycles. The second kappa shape index (κ2) is 17.5. The molecule has 2 aliphatic heterocycles. The number of imide groups is 1. The summed E-state index contributed by atoms with van der Waals surface area (Å²) in [4.78, 5) is 30.2. The van der Waals surface area contributed by atoms with E-state index in [1.165, 1.54) is 35.5 Å². The van der Waals surface area contributed by atoms with Crippen LogP contribution in [-0.2, 0) is 54.0 Å². The summed E-state index contributed by atoms with van der Waals surface area (Å²) < 4.78 is 54.1. The lowest BCUT2D eigenvalue weighted by atomic mass is 9.85. The van der Waals surface area contributed by atoms with Crippen LogP contribution in [0.15, 0.2) is 42.5 Å². The molecule has 2 amide bonds. The van der Waals surface area contributed by atoms with E-state index in [9.17, 15) is 4.79 Å². The second-order valence-corrected chi connectivity index (χ2v) is 19.0. The first-order valence-corrected chi connectivity index (χ1v) is 19.8. The molecule has 0 aliphatic carbocycles. The predicted octanol–water partition coefficient (Wildman–Crippen LogP) is 4.64. The van der Waals surface area contributed by atoms with Crippen LogP contribution < -0.4 is 0 Å². The van der Waals surface area contributed by atoms with Gasteiger partial charge in [-0.3, -0.25) is 4.79 Å². The Hall–Kier alpha value is -2.20. The highest BCUT2D eigenvalue weighted by atomic mass is 28.3. The van der Waals surface area contributed by atoms with Gasteiger partial charge in [-0.15, -0.1) is 0 Å². The minimum atomic E-state index is -1.62. The fourth-order valence-corrected chi connectivity index (χ4v) is 6.67. The van der Waals surface area contributed by atoms with Gasteiger partial charge in [-0.05, 0) is 18.5 Å². The summed E-state index contributed by atoms with van der Waals surface area (Å²) in [5.74, 6) is -2.41. The maximum Gasteiger partial charge on any atom is 0.418 e. The molecule has 1 aromatic rings. The molecule has 12 nitrogen and oxygen atoms in total. The van der Waals surface area contributed by atoms with E-state index in [1.807, 2.05) is 44.2 Å². The van der Waals surface area contributed by atoms with Gasteiger partial charge in [0.1, 0.15) is 24.4 Å². The van der Waals surface area contributed by atoms with Gasteiger partial charge in [0, 0.05) is 56.0 Å². The molecule has 47 heavy (non-hydrogen) atoms. The van der Waals surface area contributed by atoms with Crippen molar-refractivity contribution in [1.29, 1.82) is 0 Å². The van der Waals surface area contributed by atoms with E-state index in [2.05, 4.69) is 26.2 Å². The van der Waals surface area contributed by atoms with E-state index < -0.39 is 62.6 Å². The van der Waals surface area contributed by atoms with Gasteiger partial charge in [0.05, 0.1) is 25.9 Å². The molecule has 0 spiro atoms. The third-order valence-corrected chi connectivity index (χ3v) is 10.7. The molecule has 3 rings (SSSR count). The van der Waals surface area contributed by atoms with Gasteiger partial charge in [-0.2, -0.15) is 0 Å². The molecule has 0 unspecified atom stereocenters. The van der Waals surface area contributed by atoms with Crippen molar-refractivity contribution in [3.05, 3.63) is 48.0 Å². The number of rotatable bonds is 15. The number of hydrogen-bond acceptors (Lipinski definition) is 11. The minimum Gasteiger partial charge on any atom is -0.449 e. The zero-order chi connectivity index (χ0) is 34.9.